The van der Waals surface area contributed by atoms with E-state index < -0.39 is 0 Å². The van der Waals surface area contributed by atoms with Crippen molar-refractivity contribution in [2.24, 2.45) is 11.7 Å². The first kappa shape index (κ1) is 13.6. The zero-order valence-corrected chi connectivity index (χ0v) is 11.9. The van der Waals surface area contributed by atoms with E-state index in [2.05, 4.69) is 6.08 Å². The van der Waals surface area contributed by atoms with Crippen LogP contribution in [-0.4, -0.2) is 5.78 Å². The molecule has 0 saturated carbocycles. The number of Topliss-reactive ketones (excluding diaryl/α,β-unsaturated/α-hetero) is 1. The highest BCUT2D eigenvalue weighted by Crippen LogP contribution is 2.44. The molecule has 0 fully saturated rings. The maximum absolute atomic E-state index is 12.7. The van der Waals surface area contributed by atoms with Crippen LogP contribution >= 0.6 is 0 Å². The van der Waals surface area contributed by atoms with Gasteiger partial charge in [-0.25, -0.2) is 0 Å². The summed E-state index contributed by atoms with van der Waals surface area (Å²) in [5.41, 5.74) is 8.65. The van der Waals surface area contributed by atoms with Crippen LogP contribution in [0.2, 0.25) is 0 Å². The summed E-state index contributed by atoms with van der Waals surface area (Å²) in [6, 6.07) is 11.8. The lowest BCUT2D eigenvalue weighted by molar-refractivity contribution is -0.117. The van der Waals surface area contributed by atoms with Crippen molar-refractivity contribution in [1.29, 1.82) is 5.26 Å². The Hall–Kier alpha value is -2.34. The second-order valence-electron chi connectivity index (χ2n) is 5.70. The molecule has 3 nitrogen and oxygen atoms in total. The molecule has 0 spiro atoms. The van der Waals surface area contributed by atoms with Crippen molar-refractivity contribution in [3.8, 4) is 6.07 Å². The van der Waals surface area contributed by atoms with Crippen molar-refractivity contribution in [2.75, 3.05) is 0 Å². The van der Waals surface area contributed by atoms with E-state index in [1.54, 1.807) is 0 Å². The smallest absolute Gasteiger partial charge is 0.183 e. The van der Waals surface area contributed by atoms with Gasteiger partial charge in [0.05, 0.1) is 11.6 Å². The Labute approximate surface area is 124 Å². The molecule has 0 saturated heterocycles. The van der Waals surface area contributed by atoms with Crippen molar-refractivity contribution in [2.45, 2.75) is 31.6 Å². The van der Waals surface area contributed by atoms with Gasteiger partial charge >= 0.3 is 0 Å². The number of rotatable bonds is 1. The molecule has 0 aliphatic heterocycles. The largest absolute Gasteiger partial charge is 0.397 e. The van der Waals surface area contributed by atoms with Crippen LogP contribution in [0.1, 0.15) is 37.2 Å². The lowest BCUT2D eigenvalue weighted by atomic mass is 9.70. The summed E-state index contributed by atoms with van der Waals surface area (Å²) < 4.78 is 0. The number of hydrogen-bond donors (Lipinski definition) is 1. The van der Waals surface area contributed by atoms with E-state index in [0.717, 1.165) is 36.8 Å². The average Bonchev–Trinajstić information content (AvgIpc) is 2.75. The Kier molecular flexibility index (Phi) is 3.62. The van der Waals surface area contributed by atoms with Crippen LogP contribution in [0.4, 0.5) is 0 Å². The van der Waals surface area contributed by atoms with Gasteiger partial charge in [0, 0.05) is 0 Å². The van der Waals surface area contributed by atoms with Crippen LogP contribution in [0.25, 0.3) is 0 Å². The number of nitrogens with two attached hydrogens (primary N) is 1. The molecule has 2 N–H and O–H groups in total. The Morgan fingerprint density at radius 3 is 2.67 bits per heavy atom. The Bertz CT molecular complexity index is 664. The monoisotopic (exact) mass is 278 g/mol. The summed E-state index contributed by atoms with van der Waals surface area (Å²) in [6.45, 7) is 0. The first-order chi connectivity index (χ1) is 10.2. The second kappa shape index (κ2) is 5.57. The number of fused-ring (bicyclic) bond motifs is 1. The molecule has 3 rings (SSSR count). The van der Waals surface area contributed by atoms with E-state index in [9.17, 15) is 10.1 Å². The number of hydrogen-bond acceptors (Lipinski definition) is 3. The third kappa shape index (κ3) is 2.27. The number of carbonyl (C=O) groups is 1. The molecule has 0 heterocycles. The van der Waals surface area contributed by atoms with Gasteiger partial charge in [0.2, 0.25) is 0 Å². The van der Waals surface area contributed by atoms with Gasteiger partial charge in [-0.15, -0.1) is 0 Å². The standard InChI is InChI=1S/C18H18N2O/c19-11-15-17(20)14-10-6-2-5-9-13(14)16(18(15)21)12-7-3-1-4-8-12/h1,3-4,7-8,10,13,16H,2,5-6,9,20H2/t13-,16+/m1/s1. The van der Waals surface area contributed by atoms with Gasteiger partial charge < -0.3 is 5.73 Å². The zero-order chi connectivity index (χ0) is 14.8. The van der Waals surface area contributed by atoms with Crippen LogP contribution in [0, 0.1) is 17.2 Å². The first-order valence-corrected chi connectivity index (χ1v) is 7.43. The lowest BCUT2D eigenvalue weighted by Crippen LogP contribution is -2.33. The molecule has 3 heteroatoms. The second-order valence-corrected chi connectivity index (χ2v) is 5.70. The highest BCUT2D eigenvalue weighted by molar-refractivity contribution is 6.06. The molecule has 0 radical (unpaired) electrons. The van der Waals surface area contributed by atoms with Gasteiger partial charge in [-0.2, -0.15) is 5.26 Å². The van der Waals surface area contributed by atoms with E-state index in [1.165, 1.54) is 0 Å². The molecule has 2 atom stereocenters. The molecule has 1 aromatic carbocycles. The quantitative estimate of drug-likeness (QED) is 0.857. The number of nitriles is 1. The topological polar surface area (TPSA) is 66.9 Å². The van der Waals surface area contributed by atoms with Crippen molar-refractivity contribution in [3.05, 3.63) is 58.8 Å². The van der Waals surface area contributed by atoms with E-state index in [-0.39, 0.29) is 23.2 Å². The minimum atomic E-state index is -0.266. The number of nitrogens with zero attached hydrogens (tertiary/aromatic N) is 1. The fraction of sp³-hybridized carbons (Fsp3) is 0.333. The van der Waals surface area contributed by atoms with Gasteiger partial charge in [-0.05, 0) is 36.3 Å². The first-order valence-electron chi connectivity index (χ1n) is 7.43. The predicted octanol–water partition coefficient (Wildman–Crippen LogP) is 3.21. The molecule has 21 heavy (non-hydrogen) atoms. The van der Waals surface area contributed by atoms with E-state index in [1.807, 2.05) is 36.4 Å². The van der Waals surface area contributed by atoms with Crippen LogP contribution in [0.5, 0.6) is 0 Å². The van der Waals surface area contributed by atoms with Crippen molar-refractivity contribution < 1.29 is 4.79 Å². The summed E-state index contributed by atoms with van der Waals surface area (Å²) in [5.74, 6) is -0.276. The van der Waals surface area contributed by atoms with Crippen molar-refractivity contribution in [1.82, 2.24) is 0 Å². The fourth-order valence-corrected chi connectivity index (χ4v) is 3.50. The van der Waals surface area contributed by atoms with Gasteiger partial charge in [0.1, 0.15) is 11.6 Å². The van der Waals surface area contributed by atoms with Crippen molar-refractivity contribution >= 4 is 5.78 Å². The molecule has 0 unspecified atom stereocenters. The summed E-state index contributed by atoms with van der Waals surface area (Å²) in [6.07, 6.45) is 6.27. The van der Waals surface area contributed by atoms with Crippen LogP contribution in [-0.2, 0) is 4.79 Å². The Balaban J connectivity index is 2.16. The lowest BCUT2D eigenvalue weighted by Gasteiger charge is -2.32. The molecular formula is C18H18N2O. The van der Waals surface area contributed by atoms with Crippen LogP contribution in [0.15, 0.2) is 53.3 Å². The van der Waals surface area contributed by atoms with E-state index >= 15 is 0 Å². The summed E-state index contributed by atoms with van der Waals surface area (Å²) in [7, 11) is 0. The zero-order valence-electron chi connectivity index (χ0n) is 11.9. The fourth-order valence-electron chi connectivity index (χ4n) is 3.50. The molecule has 106 valence electrons. The van der Waals surface area contributed by atoms with Crippen molar-refractivity contribution in [3.63, 3.8) is 0 Å². The van der Waals surface area contributed by atoms with E-state index in [0.29, 0.717) is 5.70 Å². The molecule has 0 bridgehead atoms. The maximum Gasteiger partial charge on any atom is 0.183 e. The normalized spacial score (nSPS) is 25.7. The maximum atomic E-state index is 12.7. The molecule has 2 aliphatic rings. The Morgan fingerprint density at radius 2 is 1.95 bits per heavy atom. The molecular weight excluding hydrogens is 260 g/mol. The third-order valence-electron chi connectivity index (χ3n) is 4.52. The van der Waals surface area contributed by atoms with Gasteiger partial charge in [-0.1, -0.05) is 42.8 Å². The average molecular weight is 278 g/mol. The molecule has 0 amide bonds. The van der Waals surface area contributed by atoms with Crippen LogP contribution in [0.3, 0.4) is 0 Å². The SMILES string of the molecule is N#CC1=C(N)C2=CCCCC[C@H]2[C@H](c2ccccc2)C1=O. The third-order valence-corrected chi connectivity index (χ3v) is 4.52. The number of benzene rings is 1. The van der Waals surface area contributed by atoms with Gasteiger partial charge in [0.25, 0.3) is 0 Å². The highest BCUT2D eigenvalue weighted by Gasteiger charge is 2.40. The molecule has 1 aromatic rings. The molecule has 2 aliphatic carbocycles. The van der Waals surface area contributed by atoms with Gasteiger partial charge in [-0.3, -0.25) is 4.79 Å². The van der Waals surface area contributed by atoms with Gasteiger partial charge in [0.15, 0.2) is 5.78 Å². The number of carbonyl (C=O) groups excluding carboxylic acids is 1. The van der Waals surface area contributed by atoms with E-state index in [4.69, 9.17) is 5.73 Å². The predicted molar refractivity (Wildman–Crippen MR) is 81.1 cm³/mol. The minimum Gasteiger partial charge on any atom is -0.397 e. The number of ketones is 1. The number of allylic oxidation sites excluding steroid dienone is 3. The minimum absolute atomic E-state index is 0.111. The summed E-state index contributed by atoms with van der Waals surface area (Å²) in [4.78, 5) is 12.7. The highest BCUT2D eigenvalue weighted by atomic mass is 16.1. The van der Waals surface area contributed by atoms with Crippen LogP contribution < -0.4 is 5.73 Å². The Morgan fingerprint density at radius 1 is 1.19 bits per heavy atom. The summed E-state index contributed by atoms with van der Waals surface area (Å²) >= 11 is 0. The summed E-state index contributed by atoms with van der Waals surface area (Å²) in [5, 5.41) is 9.32. The molecule has 0 aromatic heterocycles.